The lowest BCUT2D eigenvalue weighted by molar-refractivity contribution is -0.118. The van der Waals surface area contributed by atoms with Crippen LogP contribution in [0.25, 0.3) is 0 Å². The van der Waals surface area contributed by atoms with Crippen LogP contribution in [-0.2, 0) is 16.0 Å². The number of hydrogen-bond acceptors (Lipinski definition) is 3. The topological polar surface area (TPSA) is 52.7 Å². The molecule has 0 spiro atoms. The van der Waals surface area contributed by atoms with E-state index in [9.17, 15) is 14.0 Å². The molecule has 0 aromatic heterocycles. The van der Waals surface area contributed by atoms with Gasteiger partial charge in [0.15, 0.2) is 0 Å². The predicted octanol–water partition coefficient (Wildman–Crippen LogP) is 3.34. The summed E-state index contributed by atoms with van der Waals surface area (Å²) in [5.74, 6) is -0.539. The van der Waals surface area contributed by atoms with Crippen LogP contribution < -0.4 is 15.1 Å². The molecule has 0 saturated heterocycles. The summed E-state index contributed by atoms with van der Waals surface area (Å²) in [5, 5.41) is 2.86. The molecule has 0 unspecified atom stereocenters. The Bertz CT molecular complexity index is 899. The SMILES string of the molecule is C[C@@H]1CC(=O)Nc2ccccc2N1C(=O)CN1CCCc2cccc(F)c21. The fourth-order valence-corrected chi connectivity index (χ4v) is 4.05. The third-order valence-corrected chi connectivity index (χ3v) is 5.21. The number of carbonyl (C=O) groups excluding carboxylic acids is 2. The van der Waals surface area contributed by atoms with Crippen LogP contribution in [0.15, 0.2) is 42.5 Å². The average Bonchev–Trinajstić information content (AvgIpc) is 2.76. The van der Waals surface area contributed by atoms with E-state index in [4.69, 9.17) is 0 Å². The molecule has 2 aliphatic rings. The molecule has 0 radical (unpaired) electrons. The fraction of sp³-hybridized carbons (Fsp3) is 0.333. The number of nitrogens with zero attached hydrogens (tertiary/aromatic N) is 2. The van der Waals surface area contributed by atoms with Crippen molar-refractivity contribution in [3.8, 4) is 0 Å². The Morgan fingerprint density at radius 1 is 1.22 bits per heavy atom. The summed E-state index contributed by atoms with van der Waals surface area (Å²) in [5.41, 5.74) is 2.79. The van der Waals surface area contributed by atoms with Gasteiger partial charge in [-0.05, 0) is 43.5 Å². The molecular formula is C21H22FN3O2. The molecule has 0 bridgehead atoms. The number of para-hydroxylation sites is 3. The predicted molar refractivity (Wildman–Crippen MR) is 104 cm³/mol. The van der Waals surface area contributed by atoms with Gasteiger partial charge in [-0.2, -0.15) is 0 Å². The number of hydrogen-bond donors (Lipinski definition) is 1. The zero-order valence-corrected chi connectivity index (χ0v) is 15.2. The number of anilines is 3. The molecule has 6 heteroatoms. The zero-order valence-electron chi connectivity index (χ0n) is 15.2. The van der Waals surface area contributed by atoms with Gasteiger partial charge in [0, 0.05) is 19.0 Å². The summed E-state index contributed by atoms with van der Waals surface area (Å²) in [4.78, 5) is 28.9. The Morgan fingerprint density at radius 3 is 2.89 bits per heavy atom. The molecule has 2 amide bonds. The molecule has 2 aromatic carbocycles. The van der Waals surface area contributed by atoms with E-state index < -0.39 is 0 Å². The van der Waals surface area contributed by atoms with E-state index >= 15 is 0 Å². The van der Waals surface area contributed by atoms with Crippen molar-refractivity contribution in [2.75, 3.05) is 28.2 Å². The summed E-state index contributed by atoms with van der Waals surface area (Å²) >= 11 is 0. The van der Waals surface area contributed by atoms with Gasteiger partial charge in [-0.15, -0.1) is 0 Å². The van der Waals surface area contributed by atoms with Crippen LogP contribution in [0.3, 0.4) is 0 Å². The van der Waals surface area contributed by atoms with Gasteiger partial charge in [-0.3, -0.25) is 9.59 Å². The largest absolute Gasteiger partial charge is 0.360 e. The highest BCUT2D eigenvalue weighted by atomic mass is 19.1. The van der Waals surface area contributed by atoms with Crippen molar-refractivity contribution in [2.45, 2.75) is 32.2 Å². The smallest absolute Gasteiger partial charge is 0.246 e. The number of amides is 2. The average molecular weight is 367 g/mol. The van der Waals surface area contributed by atoms with Gasteiger partial charge in [-0.1, -0.05) is 24.3 Å². The molecular weight excluding hydrogens is 345 g/mol. The minimum Gasteiger partial charge on any atom is -0.360 e. The number of carbonyl (C=O) groups is 2. The third kappa shape index (κ3) is 3.27. The zero-order chi connectivity index (χ0) is 19.0. The van der Waals surface area contributed by atoms with Crippen LogP contribution in [-0.4, -0.2) is 30.9 Å². The number of fused-ring (bicyclic) bond motifs is 2. The van der Waals surface area contributed by atoms with Crippen LogP contribution in [0.5, 0.6) is 0 Å². The Morgan fingerprint density at radius 2 is 2.04 bits per heavy atom. The van der Waals surface area contributed by atoms with Gasteiger partial charge in [0.25, 0.3) is 0 Å². The second kappa shape index (κ2) is 7.02. The summed E-state index contributed by atoms with van der Waals surface area (Å²) in [6.07, 6.45) is 1.93. The second-order valence-electron chi connectivity index (χ2n) is 7.15. The van der Waals surface area contributed by atoms with E-state index in [1.165, 1.54) is 6.07 Å². The molecule has 2 aromatic rings. The molecule has 1 N–H and O–H groups in total. The highest BCUT2D eigenvalue weighted by Gasteiger charge is 2.31. The quantitative estimate of drug-likeness (QED) is 0.886. The number of aryl methyl sites for hydroxylation is 1. The van der Waals surface area contributed by atoms with Crippen LogP contribution in [0, 0.1) is 5.82 Å². The van der Waals surface area contributed by atoms with Gasteiger partial charge in [0.2, 0.25) is 11.8 Å². The van der Waals surface area contributed by atoms with Crippen molar-refractivity contribution in [3.05, 3.63) is 53.8 Å². The Balaban J connectivity index is 1.65. The Hall–Kier alpha value is -2.89. The van der Waals surface area contributed by atoms with Crippen molar-refractivity contribution < 1.29 is 14.0 Å². The Labute approximate surface area is 157 Å². The maximum absolute atomic E-state index is 14.4. The van der Waals surface area contributed by atoms with Crippen molar-refractivity contribution in [1.29, 1.82) is 0 Å². The van der Waals surface area contributed by atoms with Gasteiger partial charge >= 0.3 is 0 Å². The monoisotopic (exact) mass is 367 g/mol. The van der Waals surface area contributed by atoms with Crippen molar-refractivity contribution in [3.63, 3.8) is 0 Å². The maximum atomic E-state index is 14.4. The maximum Gasteiger partial charge on any atom is 0.246 e. The van der Waals surface area contributed by atoms with E-state index in [2.05, 4.69) is 5.32 Å². The molecule has 1 atom stereocenters. The number of halogens is 1. The standard InChI is InChI=1S/C21H22FN3O2/c1-14-12-19(26)23-17-9-2-3-10-18(17)25(14)20(27)13-24-11-5-7-15-6-4-8-16(22)21(15)24/h2-4,6,8-10,14H,5,7,11-13H2,1H3,(H,23,26)/t14-/m1/s1. The minimum absolute atomic E-state index is 0.0841. The second-order valence-corrected chi connectivity index (χ2v) is 7.15. The molecule has 0 aliphatic carbocycles. The van der Waals surface area contributed by atoms with Crippen LogP contribution in [0.4, 0.5) is 21.5 Å². The normalized spacial score (nSPS) is 19.0. The molecule has 2 aliphatic heterocycles. The third-order valence-electron chi connectivity index (χ3n) is 5.21. The number of rotatable bonds is 2. The highest BCUT2D eigenvalue weighted by molar-refractivity contribution is 6.05. The Kier molecular flexibility index (Phi) is 4.56. The highest BCUT2D eigenvalue weighted by Crippen LogP contribution is 2.33. The van der Waals surface area contributed by atoms with Crippen LogP contribution in [0.1, 0.15) is 25.3 Å². The van der Waals surface area contributed by atoms with E-state index in [-0.39, 0.29) is 36.6 Å². The first kappa shape index (κ1) is 17.5. The molecule has 0 saturated carbocycles. The lowest BCUT2D eigenvalue weighted by atomic mass is 10.0. The van der Waals surface area contributed by atoms with E-state index in [0.29, 0.717) is 23.6 Å². The van der Waals surface area contributed by atoms with E-state index in [0.717, 1.165) is 18.4 Å². The lowest BCUT2D eigenvalue weighted by Gasteiger charge is -2.34. The van der Waals surface area contributed by atoms with Crippen molar-refractivity contribution in [2.24, 2.45) is 0 Å². The molecule has 27 heavy (non-hydrogen) atoms. The van der Waals surface area contributed by atoms with Gasteiger partial charge < -0.3 is 15.1 Å². The van der Waals surface area contributed by atoms with Crippen LogP contribution in [0.2, 0.25) is 0 Å². The lowest BCUT2D eigenvalue weighted by Crippen LogP contribution is -2.46. The van der Waals surface area contributed by atoms with Crippen molar-refractivity contribution >= 4 is 28.9 Å². The van der Waals surface area contributed by atoms with Crippen LogP contribution >= 0.6 is 0 Å². The minimum atomic E-state index is -0.291. The van der Waals surface area contributed by atoms with Crippen molar-refractivity contribution in [1.82, 2.24) is 0 Å². The van der Waals surface area contributed by atoms with E-state index in [1.54, 1.807) is 17.0 Å². The van der Waals surface area contributed by atoms with Gasteiger partial charge in [0.05, 0.1) is 23.6 Å². The summed E-state index contributed by atoms with van der Waals surface area (Å²) in [7, 11) is 0. The molecule has 140 valence electrons. The number of benzene rings is 2. The first-order chi connectivity index (χ1) is 13.0. The first-order valence-electron chi connectivity index (χ1n) is 9.28. The van der Waals surface area contributed by atoms with E-state index in [1.807, 2.05) is 36.1 Å². The van der Waals surface area contributed by atoms with Gasteiger partial charge in [-0.25, -0.2) is 4.39 Å². The molecule has 5 nitrogen and oxygen atoms in total. The van der Waals surface area contributed by atoms with Gasteiger partial charge in [0.1, 0.15) is 5.82 Å². The molecule has 2 heterocycles. The first-order valence-corrected chi connectivity index (χ1v) is 9.28. The number of nitrogens with one attached hydrogen (secondary N) is 1. The summed E-state index contributed by atoms with van der Waals surface area (Å²) in [6.45, 7) is 2.59. The summed E-state index contributed by atoms with van der Waals surface area (Å²) in [6, 6.07) is 12.1. The summed E-state index contributed by atoms with van der Waals surface area (Å²) < 4.78 is 14.4. The molecule has 4 rings (SSSR count). The fourth-order valence-electron chi connectivity index (χ4n) is 4.05. The molecule has 0 fully saturated rings.